The van der Waals surface area contributed by atoms with E-state index in [1.807, 2.05) is 72.8 Å². The highest BCUT2D eigenvalue weighted by Gasteiger charge is 2.23. The molecule has 0 aliphatic heterocycles. The largest absolute Gasteiger partial charge is 0.384 e. The van der Waals surface area contributed by atoms with Gasteiger partial charge in [-0.25, -0.2) is 4.68 Å². The molecule has 1 N–H and O–H groups in total. The molecule has 0 fully saturated rings. The summed E-state index contributed by atoms with van der Waals surface area (Å²) in [6, 6.07) is 32.0. The summed E-state index contributed by atoms with van der Waals surface area (Å²) in [5.74, 6) is -0.473. The summed E-state index contributed by atoms with van der Waals surface area (Å²) in [6.45, 7) is 0.406. The fourth-order valence-corrected chi connectivity index (χ4v) is 3.92. The normalized spacial score (nSPS) is 11.6. The molecule has 2 aromatic heterocycles. The molecule has 5 rings (SSSR count). The summed E-state index contributed by atoms with van der Waals surface area (Å²) in [5, 5.41) is 12.2. The maximum absolute atomic E-state index is 12.2. The van der Waals surface area contributed by atoms with Crippen LogP contribution in [-0.2, 0) is 4.79 Å². The number of aldehydes is 1. The molecule has 2 heterocycles. The number of pyridine rings is 1. The lowest BCUT2D eigenvalue weighted by Gasteiger charge is -2.14. The van der Waals surface area contributed by atoms with Gasteiger partial charge in [0.1, 0.15) is 12.0 Å². The SMILES string of the molecule is O=CC(CNc1ccc(-c2ccccc2)cc1)c1nnn(-c2ccncc2)c1-c1ccccc1. The Bertz CT molecular complexity index is 1350. The van der Waals surface area contributed by atoms with Gasteiger partial charge in [0.25, 0.3) is 0 Å². The van der Waals surface area contributed by atoms with Crippen molar-refractivity contribution >= 4 is 12.0 Å². The lowest BCUT2D eigenvalue weighted by molar-refractivity contribution is -0.108. The van der Waals surface area contributed by atoms with E-state index in [0.717, 1.165) is 34.5 Å². The predicted octanol–water partition coefficient (Wildman–Crippen LogP) is 5.39. The van der Waals surface area contributed by atoms with E-state index in [1.165, 1.54) is 5.56 Å². The molecule has 0 saturated heterocycles. The number of benzene rings is 3. The highest BCUT2D eigenvalue weighted by Crippen LogP contribution is 2.29. The van der Waals surface area contributed by atoms with Gasteiger partial charge in [0.05, 0.1) is 17.3 Å². The molecule has 34 heavy (non-hydrogen) atoms. The minimum atomic E-state index is -0.473. The summed E-state index contributed by atoms with van der Waals surface area (Å²) in [5.41, 5.74) is 6.45. The van der Waals surface area contributed by atoms with E-state index in [1.54, 1.807) is 17.1 Å². The lowest BCUT2D eigenvalue weighted by atomic mass is 10.0. The number of rotatable bonds is 8. The molecule has 0 aliphatic carbocycles. The predicted molar refractivity (Wildman–Crippen MR) is 134 cm³/mol. The van der Waals surface area contributed by atoms with Crippen molar-refractivity contribution < 1.29 is 4.79 Å². The molecular formula is C28H23N5O. The molecule has 0 saturated carbocycles. The summed E-state index contributed by atoms with van der Waals surface area (Å²) in [7, 11) is 0. The van der Waals surface area contributed by atoms with Gasteiger partial charge in [-0.1, -0.05) is 78.0 Å². The molecule has 6 heteroatoms. The van der Waals surface area contributed by atoms with Crippen molar-refractivity contribution in [2.24, 2.45) is 0 Å². The minimum Gasteiger partial charge on any atom is -0.384 e. The molecule has 1 unspecified atom stereocenters. The van der Waals surface area contributed by atoms with Crippen LogP contribution in [0.2, 0.25) is 0 Å². The van der Waals surface area contributed by atoms with Gasteiger partial charge >= 0.3 is 0 Å². The lowest BCUT2D eigenvalue weighted by Crippen LogP contribution is -2.15. The Hall–Kier alpha value is -4.58. The van der Waals surface area contributed by atoms with Crippen LogP contribution >= 0.6 is 0 Å². The number of nitrogens with one attached hydrogen (secondary N) is 1. The third-order valence-electron chi connectivity index (χ3n) is 5.68. The van der Waals surface area contributed by atoms with Gasteiger partial charge in [0, 0.05) is 30.2 Å². The average Bonchev–Trinajstić information content (AvgIpc) is 3.36. The number of anilines is 1. The van der Waals surface area contributed by atoms with Gasteiger partial charge in [0.15, 0.2) is 0 Å². The van der Waals surface area contributed by atoms with Crippen molar-refractivity contribution in [3.63, 3.8) is 0 Å². The van der Waals surface area contributed by atoms with E-state index in [0.29, 0.717) is 12.2 Å². The zero-order chi connectivity index (χ0) is 23.2. The fourth-order valence-electron chi connectivity index (χ4n) is 3.92. The van der Waals surface area contributed by atoms with Crippen molar-refractivity contribution in [1.29, 1.82) is 0 Å². The van der Waals surface area contributed by atoms with Crippen molar-refractivity contribution in [1.82, 2.24) is 20.0 Å². The first-order valence-electron chi connectivity index (χ1n) is 11.1. The van der Waals surface area contributed by atoms with Crippen LogP contribution in [-0.4, -0.2) is 32.8 Å². The number of hydrogen-bond acceptors (Lipinski definition) is 5. The molecule has 1 atom stereocenters. The monoisotopic (exact) mass is 445 g/mol. The summed E-state index contributed by atoms with van der Waals surface area (Å²) < 4.78 is 1.76. The minimum absolute atomic E-state index is 0.406. The molecule has 0 spiro atoms. The van der Waals surface area contributed by atoms with E-state index in [4.69, 9.17) is 0 Å². The van der Waals surface area contributed by atoms with Gasteiger partial charge in [-0.15, -0.1) is 5.10 Å². The van der Waals surface area contributed by atoms with Crippen LogP contribution in [0.15, 0.2) is 109 Å². The van der Waals surface area contributed by atoms with Gasteiger partial charge in [-0.2, -0.15) is 0 Å². The van der Waals surface area contributed by atoms with Crippen LogP contribution in [0.5, 0.6) is 0 Å². The summed E-state index contributed by atoms with van der Waals surface area (Å²) in [6.07, 6.45) is 4.35. The van der Waals surface area contributed by atoms with Crippen LogP contribution in [0.1, 0.15) is 11.6 Å². The summed E-state index contributed by atoms with van der Waals surface area (Å²) >= 11 is 0. The fraction of sp³-hybridized carbons (Fsp3) is 0.0714. The van der Waals surface area contributed by atoms with E-state index in [2.05, 4.69) is 44.9 Å². The summed E-state index contributed by atoms with van der Waals surface area (Å²) in [4.78, 5) is 16.3. The molecule has 3 aromatic carbocycles. The molecule has 0 amide bonds. The quantitative estimate of drug-likeness (QED) is 0.324. The van der Waals surface area contributed by atoms with E-state index in [9.17, 15) is 4.79 Å². The maximum Gasteiger partial charge on any atom is 0.130 e. The Morgan fingerprint density at radius 2 is 1.38 bits per heavy atom. The Balaban J connectivity index is 1.41. The number of carbonyl (C=O) groups is 1. The van der Waals surface area contributed by atoms with Gasteiger partial charge < -0.3 is 10.1 Å². The van der Waals surface area contributed by atoms with Crippen LogP contribution in [0.25, 0.3) is 28.1 Å². The Kier molecular flexibility index (Phi) is 6.21. The molecule has 0 aliphatic rings. The highest BCUT2D eigenvalue weighted by atomic mass is 16.1. The van der Waals surface area contributed by atoms with Gasteiger partial charge in [-0.05, 0) is 35.4 Å². The van der Waals surface area contributed by atoms with Gasteiger partial charge in [0.2, 0.25) is 0 Å². The van der Waals surface area contributed by atoms with Crippen LogP contribution in [0.3, 0.4) is 0 Å². The smallest absolute Gasteiger partial charge is 0.130 e. The Labute approximate surface area is 197 Å². The van der Waals surface area contributed by atoms with E-state index < -0.39 is 5.92 Å². The van der Waals surface area contributed by atoms with Crippen molar-refractivity contribution in [3.05, 3.63) is 115 Å². The second-order valence-electron chi connectivity index (χ2n) is 7.87. The van der Waals surface area contributed by atoms with E-state index in [-0.39, 0.29) is 0 Å². The van der Waals surface area contributed by atoms with Crippen molar-refractivity contribution in [2.45, 2.75) is 5.92 Å². The second kappa shape index (κ2) is 9.92. The Morgan fingerprint density at radius 1 is 0.765 bits per heavy atom. The standard InChI is InChI=1S/C28H23N5O/c34-20-24(19-30-25-13-11-22(12-14-25)21-7-3-1-4-8-21)27-28(23-9-5-2-6-10-23)33(32-31-27)26-15-17-29-18-16-26/h1-18,20,24,30H,19H2. The second-order valence-corrected chi connectivity index (χ2v) is 7.87. The first-order chi connectivity index (χ1) is 16.8. The topological polar surface area (TPSA) is 72.7 Å². The number of aromatic nitrogens is 4. The van der Waals surface area contributed by atoms with Crippen LogP contribution < -0.4 is 5.32 Å². The average molecular weight is 446 g/mol. The van der Waals surface area contributed by atoms with Crippen LogP contribution in [0, 0.1) is 0 Å². The van der Waals surface area contributed by atoms with Gasteiger partial charge in [-0.3, -0.25) is 4.98 Å². The number of hydrogen-bond donors (Lipinski definition) is 1. The molecule has 166 valence electrons. The van der Waals surface area contributed by atoms with Crippen LogP contribution in [0.4, 0.5) is 5.69 Å². The molecule has 0 radical (unpaired) electrons. The molecular weight excluding hydrogens is 422 g/mol. The maximum atomic E-state index is 12.2. The first-order valence-corrected chi connectivity index (χ1v) is 11.1. The highest BCUT2D eigenvalue weighted by molar-refractivity contribution is 5.72. The molecule has 6 nitrogen and oxygen atoms in total. The third-order valence-corrected chi connectivity index (χ3v) is 5.68. The molecule has 5 aromatic rings. The Morgan fingerprint density at radius 3 is 2.03 bits per heavy atom. The third kappa shape index (κ3) is 4.47. The molecule has 0 bridgehead atoms. The number of nitrogens with zero attached hydrogens (tertiary/aromatic N) is 4. The van der Waals surface area contributed by atoms with E-state index >= 15 is 0 Å². The zero-order valence-electron chi connectivity index (χ0n) is 18.5. The zero-order valence-corrected chi connectivity index (χ0v) is 18.5. The van der Waals surface area contributed by atoms with Crippen molar-refractivity contribution in [3.8, 4) is 28.1 Å². The van der Waals surface area contributed by atoms with Crippen molar-refractivity contribution in [2.75, 3.05) is 11.9 Å². The first kappa shape index (κ1) is 21.3. The number of carbonyl (C=O) groups excluding carboxylic acids is 1.